The average molecular weight is 270 g/mol. The second-order valence-corrected chi connectivity index (χ2v) is 4.16. The Morgan fingerprint density at radius 1 is 1.25 bits per heavy atom. The van der Waals surface area contributed by atoms with Crippen LogP contribution >= 0.6 is 0 Å². The van der Waals surface area contributed by atoms with Gasteiger partial charge in [0.15, 0.2) is 0 Å². The summed E-state index contributed by atoms with van der Waals surface area (Å²) in [5.41, 5.74) is 0.956. The third kappa shape index (κ3) is 2.45. The Balaban J connectivity index is 2.51. The fraction of sp³-hybridized carbons (Fsp3) is 0.0667. The van der Waals surface area contributed by atoms with Gasteiger partial charge in [0.25, 0.3) is 0 Å². The molecule has 0 saturated carbocycles. The standard InChI is InChI=1S/C15H11FN2O2/c1-18(14-5-3-2-4-12(14)16)13-7-6-10(15(19)20)8-11(13)9-17/h2-8H,1H3,(H,19,20). The fourth-order valence-electron chi connectivity index (χ4n) is 1.90. The maximum atomic E-state index is 13.8. The van der Waals surface area contributed by atoms with E-state index in [1.807, 2.05) is 6.07 Å². The topological polar surface area (TPSA) is 64.3 Å². The molecule has 2 aromatic rings. The molecular formula is C15H11FN2O2. The summed E-state index contributed by atoms with van der Waals surface area (Å²) in [6.45, 7) is 0. The number of carboxylic acids is 1. The first-order valence-corrected chi connectivity index (χ1v) is 5.80. The van der Waals surface area contributed by atoms with E-state index in [-0.39, 0.29) is 11.1 Å². The minimum atomic E-state index is -1.11. The van der Waals surface area contributed by atoms with Crippen molar-refractivity contribution in [1.82, 2.24) is 0 Å². The number of carbonyl (C=O) groups is 1. The van der Waals surface area contributed by atoms with E-state index in [1.54, 1.807) is 25.2 Å². The largest absolute Gasteiger partial charge is 0.478 e. The van der Waals surface area contributed by atoms with Crippen molar-refractivity contribution in [3.8, 4) is 6.07 Å². The van der Waals surface area contributed by atoms with Crippen LogP contribution in [0.15, 0.2) is 42.5 Å². The van der Waals surface area contributed by atoms with Crippen LogP contribution in [-0.4, -0.2) is 18.1 Å². The average Bonchev–Trinajstić information content (AvgIpc) is 2.46. The Bertz CT molecular complexity index is 707. The Hall–Kier alpha value is -2.87. The molecule has 0 saturated heterocycles. The molecule has 0 heterocycles. The molecular weight excluding hydrogens is 259 g/mol. The van der Waals surface area contributed by atoms with Gasteiger partial charge in [0.05, 0.1) is 22.5 Å². The monoisotopic (exact) mass is 270 g/mol. The minimum Gasteiger partial charge on any atom is -0.478 e. The van der Waals surface area contributed by atoms with Crippen molar-refractivity contribution in [2.45, 2.75) is 0 Å². The van der Waals surface area contributed by atoms with Crippen LogP contribution in [0.2, 0.25) is 0 Å². The number of halogens is 1. The molecule has 0 aliphatic carbocycles. The van der Waals surface area contributed by atoms with E-state index in [2.05, 4.69) is 0 Å². The highest BCUT2D eigenvalue weighted by atomic mass is 19.1. The number of rotatable bonds is 3. The zero-order valence-corrected chi connectivity index (χ0v) is 10.7. The van der Waals surface area contributed by atoms with Crippen molar-refractivity contribution in [3.05, 3.63) is 59.4 Å². The molecule has 0 spiro atoms. The van der Waals surface area contributed by atoms with Gasteiger partial charge in [-0.3, -0.25) is 0 Å². The number of anilines is 2. The highest BCUT2D eigenvalue weighted by Gasteiger charge is 2.14. The van der Waals surface area contributed by atoms with Gasteiger partial charge < -0.3 is 10.0 Å². The predicted molar refractivity (Wildman–Crippen MR) is 72.6 cm³/mol. The smallest absolute Gasteiger partial charge is 0.335 e. The molecule has 1 N–H and O–H groups in total. The van der Waals surface area contributed by atoms with Crippen molar-refractivity contribution in [3.63, 3.8) is 0 Å². The van der Waals surface area contributed by atoms with Crippen molar-refractivity contribution < 1.29 is 14.3 Å². The van der Waals surface area contributed by atoms with Crippen LogP contribution in [0, 0.1) is 17.1 Å². The summed E-state index contributed by atoms with van der Waals surface area (Å²) in [5, 5.41) is 18.0. The number of nitrogens with zero attached hydrogens (tertiary/aromatic N) is 2. The lowest BCUT2D eigenvalue weighted by atomic mass is 10.1. The molecule has 0 aliphatic heterocycles. The molecule has 2 rings (SSSR count). The van der Waals surface area contributed by atoms with Crippen LogP contribution in [0.1, 0.15) is 15.9 Å². The second kappa shape index (κ2) is 5.41. The highest BCUT2D eigenvalue weighted by molar-refractivity contribution is 5.89. The van der Waals surface area contributed by atoms with E-state index in [4.69, 9.17) is 10.4 Å². The number of aromatic carboxylic acids is 1. The van der Waals surface area contributed by atoms with Gasteiger partial charge in [0.2, 0.25) is 0 Å². The molecule has 0 radical (unpaired) electrons. The molecule has 20 heavy (non-hydrogen) atoms. The molecule has 2 aromatic carbocycles. The van der Waals surface area contributed by atoms with Crippen LogP contribution in [0.25, 0.3) is 0 Å². The number of benzene rings is 2. The van der Waals surface area contributed by atoms with Crippen LogP contribution in [0.3, 0.4) is 0 Å². The minimum absolute atomic E-state index is 0.0206. The van der Waals surface area contributed by atoms with E-state index in [0.29, 0.717) is 11.4 Å². The zero-order chi connectivity index (χ0) is 14.7. The SMILES string of the molecule is CN(c1ccccc1F)c1ccc(C(=O)O)cc1C#N. The normalized spacial score (nSPS) is 9.85. The highest BCUT2D eigenvalue weighted by Crippen LogP contribution is 2.29. The van der Waals surface area contributed by atoms with E-state index < -0.39 is 11.8 Å². The first-order chi connectivity index (χ1) is 9.54. The molecule has 0 fully saturated rings. The Morgan fingerprint density at radius 2 is 1.95 bits per heavy atom. The lowest BCUT2D eigenvalue weighted by Crippen LogP contribution is -2.13. The van der Waals surface area contributed by atoms with Gasteiger partial charge in [-0.2, -0.15) is 5.26 Å². The quantitative estimate of drug-likeness (QED) is 0.930. The summed E-state index contributed by atoms with van der Waals surface area (Å²) >= 11 is 0. The molecule has 0 bridgehead atoms. The van der Waals surface area contributed by atoms with Crippen molar-refractivity contribution in [2.75, 3.05) is 11.9 Å². The predicted octanol–water partition coefficient (Wildman–Crippen LogP) is 3.16. The van der Waals surface area contributed by atoms with E-state index >= 15 is 0 Å². The van der Waals surface area contributed by atoms with E-state index in [0.717, 1.165) is 0 Å². The van der Waals surface area contributed by atoms with Crippen LogP contribution < -0.4 is 4.90 Å². The molecule has 5 heteroatoms. The number of para-hydroxylation sites is 1. The first-order valence-electron chi connectivity index (χ1n) is 5.80. The number of hydrogen-bond acceptors (Lipinski definition) is 3. The van der Waals surface area contributed by atoms with Gasteiger partial charge >= 0.3 is 5.97 Å². The molecule has 0 atom stereocenters. The van der Waals surface area contributed by atoms with Crippen LogP contribution in [0.4, 0.5) is 15.8 Å². The van der Waals surface area contributed by atoms with Gasteiger partial charge in [0.1, 0.15) is 11.9 Å². The molecule has 100 valence electrons. The molecule has 4 nitrogen and oxygen atoms in total. The lowest BCUT2D eigenvalue weighted by Gasteiger charge is -2.21. The zero-order valence-electron chi connectivity index (χ0n) is 10.7. The summed E-state index contributed by atoms with van der Waals surface area (Å²) in [6, 6.07) is 12.3. The first kappa shape index (κ1) is 13.6. The summed E-state index contributed by atoms with van der Waals surface area (Å²) in [6.07, 6.45) is 0. The van der Waals surface area contributed by atoms with Gasteiger partial charge in [-0.25, -0.2) is 9.18 Å². The number of carboxylic acid groups (broad SMARTS) is 1. The van der Waals surface area contributed by atoms with Gasteiger partial charge in [-0.1, -0.05) is 12.1 Å². The lowest BCUT2D eigenvalue weighted by molar-refractivity contribution is 0.0697. The summed E-state index contributed by atoms with van der Waals surface area (Å²) in [5.74, 6) is -1.53. The second-order valence-electron chi connectivity index (χ2n) is 4.16. The number of hydrogen-bond donors (Lipinski definition) is 1. The Labute approximate surface area is 115 Å². The molecule has 0 aliphatic rings. The summed E-state index contributed by atoms with van der Waals surface area (Å²) < 4.78 is 13.8. The Kier molecular flexibility index (Phi) is 3.67. The Morgan fingerprint density at radius 3 is 2.55 bits per heavy atom. The molecule has 0 unspecified atom stereocenters. The van der Waals surface area contributed by atoms with Crippen LogP contribution in [0.5, 0.6) is 0 Å². The van der Waals surface area contributed by atoms with E-state index in [9.17, 15) is 9.18 Å². The maximum absolute atomic E-state index is 13.8. The van der Waals surface area contributed by atoms with Gasteiger partial charge in [-0.15, -0.1) is 0 Å². The summed E-state index contributed by atoms with van der Waals surface area (Å²) in [7, 11) is 1.62. The van der Waals surface area contributed by atoms with E-state index in [1.165, 1.54) is 29.2 Å². The molecule has 0 aromatic heterocycles. The van der Waals surface area contributed by atoms with Gasteiger partial charge in [-0.05, 0) is 30.3 Å². The van der Waals surface area contributed by atoms with Crippen molar-refractivity contribution >= 4 is 17.3 Å². The van der Waals surface area contributed by atoms with Crippen molar-refractivity contribution in [2.24, 2.45) is 0 Å². The molecule has 0 amide bonds. The van der Waals surface area contributed by atoms with Crippen LogP contribution in [-0.2, 0) is 0 Å². The third-order valence-corrected chi connectivity index (χ3v) is 2.94. The third-order valence-electron chi connectivity index (χ3n) is 2.94. The van der Waals surface area contributed by atoms with Gasteiger partial charge in [0, 0.05) is 7.05 Å². The van der Waals surface area contributed by atoms with Crippen molar-refractivity contribution in [1.29, 1.82) is 5.26 Å². The maximum Gasteiger partial charge on any atom is 0.335 e. The number of nitriles is 1. The summed E-state index contributed by atoms with van der Waals surface area (Å²) in [4.78, 5) is 12.4. The fourth-order valence-corrected chi connectivity index (χ4v) is 1.90.